The van der Waals surface area contributed by atoms with Crippen LogP contribution in [0.4, 0.5) is 0 Å². The van der Waals surface area contributed by atoms with E-state index in [0.29, 0.717) is 12.3 Å². The van der Waals surface area contributed by atoms with Crippen molar-refractivity contribution in [1.82, 2.24) is 5.43 Å². The van der Waals surface area contributed by atoms with Crippen LogP contribution in [-0.2, 0) is 9.84 Å². The summed E-state index contributed by atoms with van der Waals surface area (Å²) in [5, 5.41) is 4.02. The number of rotatable bonds is 4. The van der Waals surface area contributed by atoms with Crippen LogP contribution in [0.2, 0.25) is 0 Å². The van der Waals surface area contributed by atoms with Crippen LogP contribution in [0.25, 0.3) is 0 Å². The minimum atomic E-state index is -2.95. The van der Waals surface area contributed by atoms with Gasteiger partial charge in [-0.1, -0.05) is 6.42 Å². The molecule has 2 rings (SSSR count). The van der Waals surface area contributed by atoms with Crippen molar-refractivity contribution in [1.29, 1.82) is 0 Å². The highest BCUT2D eigenvalue weighted by atomic mass is 32.2. The van der Waals surface area contributed by atoms with Crippen molar-refractivity contribution in [3.05, 3.63) is 21.9 Å². The van der Waals surface area contributed by atoms with E-state index in [1.165, 1.54) is 17.4 Å². The van der Waals surface area contributed by atoms with Crippen molar-refractivity contribution in [3.8, 4) is 0 Å². The van der Waals surface area contributed by atoms with Crippen LogP contribution in [0.5, 0.6) is 0 Å². The molecular weight excluding hydrogens is 280 g/mol. The largest absolute Gasteiger partial charge is 0.271 e. The lowest BCUT2D eigenvalue weighted by Gasteiger charge is -2.33. The van der Waals surface area contributed by atoms with Gasteiger partial charge in [0.15, 0.2) is 0 Å². The van der Waals surface area contributed by atoms with E-state index >= 15 is 0 Å². The zero-order valence-corrected chi connectivity index (χ0v) is 13.1. The summed E-state index contributed by atoms with van der Waals surface area (Å²) < 4.78 is 23.5. The number of nitrogens with one attached hydrogen (secondary N) is 1. The van der Waals surface area contributed by atoms with E-state index in [0.717, 1.165) is 19.3 Å². The Labute approximate surface area is 119 Å². The van der Waals surface area contributed by atoms with Crippen LogP contribution in [0.1, 0.15) is 42.9 Å². The molecule has 0 bridgehead atoms. The Kier molecular flexibility index (Phi) is 4.66. The molecule has 0 saturated heterocycles. The number of aryl methyl sites for hydroxylation is 1. The first kappa shape index (κ1) is 15.0. The Hall–Kier alpha value is -0.430. The van der Waals surface area contributed by atoms with Crippen molar-refractivity contribution < 1.29 is 8.42 Å². The average Bonchev–Trinajstić information content (AvgIpc) is 2.76. The number of nitrogens with two attached hydrogens (primary N) is 1. The zero-order chi connectivity index (χ0) is 14.0. The molecule has 1 fully saturated rings. The molecule has 1 aromatic rings. The van der Waals surface area contributed by atoms with E-state index in [2.05, 4.69) is 23.1 Å². The van der Waals surface area contributed by atoms with Gasteiger partial charge in [-0.15, -0.1) is 0 Å². The van der Waals surface area contributed by atoms with Crippen LogP contribution in [0.15, 0.2) is 10.8 Å². The second-order valence-corrected chi connectivity index (χ2v) is 8.60. The van der Waals surface area contributed by atoms with Gasteiger partial charge in [0.1, 0.15) is 9.84 Å². The van der Waals surface area contributed by atoms with Crippen molar-refractivity contribution >= 4 is 21.2 Å². The summed E-state index contributed by atoms with van der Waals surface area (Å²) in [5.74, 6) is 6.02. The van der Waals surface area contributed by atoms with Crippen LogP contribution < -0.4 is 11.3 Å². The van der Waals surface area contributed by atoms with Gasteiger partial charge >= 0.3 is 0 Å². The lowest BCUT2D eigenvalue weighted by atomic mass is 9.81. The first-order valence-corrected chi connectivity index (χ1v) is 9.51. The van der Waals surface area contributed by atoms with Crippen LogP contribution in [0, 0.1) is 12.8 Å². The minimum absolute atomic E-state index is 0.0656. The summed E-state index contributed by atoms with van der Waals surface area (Å²) in [7, 11) is -2.95. The minimum Gasteiger partial charge on any atom is -0.271 e. The summed E-state index contributed by atoms with van der Waals surface area (Å²) in [6.45, 7) is 2.08. The molecule has 1 saturated carbocycles. The Morgan fingerprint density at radius 2 is 2.16 bits per heavy atom. The Morgan fingerprint density at radius 3 is 2.68 bits per heavy atom. The van der Waals surface area contributed by atoms with E-state index in [4.69, 9.17) is 5.84 Å². The molecule has 19 heavy (non-hydrogen) atoms. The second-order valence-electron chi connectivity index (χ2n) is 5.53. The first-order chi connectivity index (χ1) is 8.93. The highest BCUT2D eigenvalue weighted by Gasteiger charge is 2.33. The van der Waals surface area contributed by atoms with Crippen LogP contribution >= 0.6 is 11.3 Å². The Balaban J connectivity index is 2.18. The zero-order valence-electron chi connectivity index (χ0n) is 11.4. The predicted octanol–water partition coefficient (Wildman–Crippen LogP) is 2.16. The average molecular weight is 302 g/mol. The van der Waals surface area contributed by atoms with Gasteiger partial charge in [0.05, 0.1) is 5.25 Å². The van der Waals surface area contributed by atoms with Gasteiger partial charge in [-0.3, -0.25) is 11.3 Å². The summed E-state index contributed by atoms with van der Waals surface area (Å²) in [4.78, 5) is 0. The van der Waals surface area contributed by atoms with Gasteiger partial charge in [0.25, 0.3) is 0 Å². The van der Waals surface area contributed by atoms with E-state index in [9.17, 15) is 8.42 Å². The smallest absolute Gasteiger partial charge is 0.150 e. The molecule has 1 heterocycles. The van der Waals surface area contributed by atoms with Crippen LogP contribution in [0.3, 0.4) is 0 Å². The molecule has 0 radical (unpaired) electrons. The Bertz CT molecular complexity index is 525. The maximum atomic E-state index is 11.7. The summed E-state index contributed by atoms with van der Waals surface area (Å²) in [5.41, 5.74) is 5.34. The topological polar surface area (TPSA) is 72.2 Å². The Morgan fingerprint density at radius 1 is 1.42 bits per heavy atom. The predicted molar refractivity (Wildman–Crippen MR) is 79.7 cm³/mol. The van der Waals surface area contributed by atoms with Gasteiger partial charge in [0, 0.05) is 12.3 Å². The fraction of sp³-hybridized carbons (Fsp3) is 0.692. The molecule has 0 aromatic carbocycles. The van der Waals surface area contributed by atoms with Crippen molar-refractivity contribution in [2.45, 2.75) is 43.9 Å². The maximum absolute atomic E-state index is 11.7. The maximum Gasteiger partial charge on any atom is 0.150 e. The quantitative estimate of drug-likeness (QED) is 0.660. The number of hydrazine groups is 1. The number of sulfone groups is 1. The van der Waals surface area contributed by atoms with E-state index in [-0.39, 0.29) is 11.3 Å². The lowest BCUT2D eigenvalue weighted by Crippen LogP contribution is -2.38. The molecule has 3 atom stereocenters. The number of hydrogen-bond acceptors (Lipinski definition) is 5. The second kappa shape index (κ2) is 5.91. The van der Waals surface area contributed by atoms with Crippen molar-refractivity contribution in [3.63, 3.8) is 0 Å². The highest BCUT2D eigenvalue weighted by molar-refractivity contribution is 7.91. The third-order valence-electron chi connectivity index (χ3n) is 4.15. The molecular formula is C13H22N2O2S2. The van der Waals surface area contributed by atoms with Crippen molar-refractivity contribution in [2.75, 3.05) is 6.26 Å². The van der Waals surface area contributed by atoms with Gasteiger partial charge in [-0.2, -0.15) is 11.3 Å². The molecule has 1 aromatic heterocycles. The van der Waals surface area contributed by atoms with Gasteiger partial charge < -0.3 is 0 Å². The molecule has 4 nitrogen and oxygen atoms in total. The molecule has 6 heteroatoms. The number of thiophene rings is 1. The molecule has 1 aliphatic rings. The van der Waals surface area contributed by atoms with Gasteiger partial charge in [-0.05, 0) is 54.0 Å². The molecule has 1 aliphatic carbocycles. The first-order valence-electron chi connectivity index (χ1n) is 6.61. The number of hydrogen-bond donors (Lipinski definition) is 2. The monoisotopic (exact) mass is 302 g/mol. The lowest BCUT2D eigenvalue weighted by molar-refractivity contribution is 0.274. The summed E-state index contributed by atoms with van der Waals surface area (Å²) in [6.07, 6.45) is 4.85. The fourth-order valence-corrected chi connectivity index (χ4v) is 5.12. The summed E-state index contributed by atoms with van der Waals surface area (Å²) >= 11 is 1.67. The third-order valence-corrected chi connectivity index (χ3v) is 6.67. The molecule has 0 aliphatic heterocycles. The molecule has 108 valence electrons. The molecule has 3 unspecified atom stereocenters. The van der Waals surface area contributed by atoms with Crippen molar-refractivity contribution in [2.24, 2.45) is 11.8 Å². The molecule has 0 spiro atoms. The normalized spacial score (nSPS) is 26.3. The van der Waals surface area contributed by atoms with E-state index < -0.39 is 9.84 Å². The highest BCUT2D eigenvalue weighted by Crippen LogP contribution is 2.38. The molecule has 3 N–H and O–H groups in total. The standard InChI is InChI=1S/C13H22N2O2S2/c1-9-7-18-8-12(9)13(15-14)10-4-3-5-11(6-10)19(2,16)17/h7-8,10-11,13,15H,3-6,14H2,1-2H3. The molecule has 0 amide bonds. The third kappa shape index (κ3) is 3.37. The van der Waals surface area contributed by atoms with Gasteiger partial charge in [0.2, 0.25) is 0 Å². The SMILES string of the molecule is Cc1cscc1C(NN)C1CCCC(S(C)(=O)=O)C1. The van der Waals surface area contributed by atoms with E-state index in [1.54, 1.807) is 11.3 Å². The van der Waals surface area contributed by atoms with E-state index in [1.807, 2.05) is 0 Å². The van der Waals surface area contributed by atoms with Gasteiger partial charge in [-0.25, -0.2) is 8.42 Å². The fourth-order valence-electron chi connectivity index (χ4n) is 3.04. The van der Waals surface area contributed by atoms with Crippen LogP contribution in [-0.4, -0.2) is 19.9 Å². The summed E-state index contributed by atoms with van der Waals surface area (Å²) in [6, 6.07) is 0.0656.